The van der Waals surface area contributed by atoms with Crippen molar-refractivity contribution >= 4 is 0 Å². The minimum Gasteiger partial charge on any atom is -0.507 e. The second-order valence-electron chi connectivity index (χ2n) is 7.44. The van der Waals surface area contributed by atoms with Crippen LogP contribution in [0.3, 0.4) is 0 Å². The third kappa shape index (κ3) is 3.98. The predicted octanol–water partition coefficient (Wildman–Crippen LogP) is 6.99. The maximum absolute atomic E-state index is 13.7. The lowest BCUT2D eigenvalue weighted by Gasteiger charge is -2.09. The molecule has 3 aromatic carbocycles. The third-order valence-corrected chi connectivity index (χ3v) is 5.33. The minimum absolute atomic E-state index is 0.00928. The van der Waals surface area contributed by atoms with Gasteiger partial charge >= 0.3 is 0 Å². The van der Waals surface area contributed by atoms with Crippen molar-refractivity contribution in [3.05, 3.63) is 115 Å². The van der Waals surface area contributed by atoms with E-state index in [9.17, 15) is 9.50 Å². The lowest BCUT2D eigenvalue weighted by Crippen LogP contribution is -1.91. The lowest BCUT2D eigenvalue weighted by atomic mass is 10.0. The highest BCUT2D eigenvalue weighted by Gasteiger charge is 2.10. The number of aromatic hydroxyl groups is 1. The van der Waals surface area contributed by atoms with E-state index in [1.54, 1.807) is 12.3 Å². The highest BCUT2D eigenvalue weighted by Crippen LogP contribution is 2.31. The van der Waals surface area contributed by atoms with Gasteiger partial charge in [0.1, 0.15) is 11.6 Å². The zero-order valence-electron chi connectivity index (χ0n) is 17.1. The van der Waals surface area contributed by atoms with Gasteiger partial charge in [0.05, 0.1) is 17.1 Å². The van der Waals surface area contributed by atoms with Gasteiger partial charge in [-0.15, -0.1) is 0 Å². The van der Waals surface area contributed by atoms with Crippen molar-refractivity contribution in [3.63, 3.8) is 0 Å². The summed E-state index contributed by atoms with van der Waals surface area (Å²) < 4.78 is 13.7. The van der Waals surface area contributed by atoms with Crippen LogP contribution >= 0.6 is 0 Å². The van der Waals surface area contributed by atoms with Crippen molar-refractivity contribution in [3.8, 4) is 50.6 Å². The first-order valence-electron chi connectivity index (χ1n) is 10.3. The van der Waals surface area contributed by atoms with Gasteiger partial charge in [-0.3, -0.25) is 4.98 Å². The molecule has 0 aliphatic carbocycles. The number of hydrogen-bond donors (Lipinski definition) is 1. The summed E-state index contributed by atoms with van der Waals surface area (Å²) in [6, 6.07) is 31.7. The van der Waals surface area contributed by atoms with E-state index in [0.717, 1.165) is 28.1 Å². The average molecular weight is 418 g/mol. The van der Waals surface area contributed by atoms with E-state index in [0.29, 0.717) is 11.3 Å². The molecule has 3 nitrogen and oxygen atoms in total. The molecule has 4 heteroatoms. The van der Waals surface area contributed by atoms with E-state index in [1.165, 1.54) is 23.8 Å². The maximum atomic E-state index is 13.7. The Bertz CT molecular complexity index is 1380. The Labute approximate surface area is 185 Å². The van der Waals surface area contributed by atoms with Gasteiger partial charge in [-0.05, 0) is 53.6 Å². The van der Waals surface area contributed by atoms with Crippen molar-refractivity contribution in [1.82, 2.24) is 9.97 Å². The third-order valence-electron chi connectivity index (χ3n) is 5.33. The number of halogens is 1. The van der Waals surface area contributed by atoms with Crippen LogP contribution in [-0.2, 0) is 0 Å². The highest BCUT2D eigenvalue weighted by atomic mass is 19.1. The van der Waals surface area contributed by atoms with Crippen LogP contribution in [0, 0.1) is 5.82 Å². The molecule has 0 radical (unpaired) electrons. The summed E-state index contributed by atoms with van der Waals surface area (Å²) in [7, 11) is 0. The fourth-order valence-corrected chi connectivity index (χ4v) is 3.67. The number of phenols is 1. The molecule has 154 valence electrons. The quantitative estimate of drug-likeness (QED) is 0.342. The number of phenolic OH excluding ortho intramolecular Hbond substituents is 1. The summed E-state index contributed by atoms with van der Waals surface area (Å²) in [5, 5.41) is 10.1. The Hall–Kier alpha value is -4.31. The molecule has 0 bridgehead atoms. The first kappa shape index (κ1) is 19.6. The molecule has 0 amide bonds. The molecule has 5 rings (SSSR count). The first-order valence-corrected chi connectivity index (χ1v) is 10.3. The van der Waals surface area contributed by atoms with Gasteiger partial charge in [-0.25, -0.2) is 9.37 Å². The average Bonchev–Trinajstić information content (AvgIpc) is 2.86. The molecule has 0 aliphatic rings. The smallest absolute Gasteiger partial charge is 0.125 e. The van der Waals surface area contributed by atoms with E-state index in [2.05, 4.69) is 46.4 Å². The molecule has 0 spiro atoms. The molecule has 0 saturated carbocycles. The summed E-state index contributed by atoms with van der Waals surface area (Å²) in [5.74, 6) is -0.430. The fourth-order valence-electron chi connectivity index (χ4n) is 3.67. The Morgan fingerprint density at radius 2 is 1.28 bits per heavy atom. The van der Waals surface area contributed by atoms with Crippen LogP contribution in [0.15, 0.2) is 109 Å². The zero-order valence-corrected chi connectivity index (χ0v) is 17.1. The summed E-state index contributed by atoms with van der Waals surface area (Å²) in [5.41, 5.74) is 6.63. The molecule has 0 unspecified atom stereocenters. The van der Waals surface area contributed by atoms with Gasteiger partial charge in [0.2, 0.25) is 0 Å². The largest absolute Gasteiger partial charge is 0.507 e. The van der Waals surface area contributed by atoms with E-state index in [4.69, 9.17) is 0 Å². The highest BCUT2D eigenvalue weighted by molar-refractivity contribution is 5.74. The van der Waals surface area contributed by atoms with Gasteiger partial charge in [-0.1, -0.05) is 60.7 Å². The van der Waals surface area contributed by atoms with E-state index >= 15 is 0 Å². The van der Waals surface area contributed by atoms with Gasteiger partial charge < -0.3 is 5.11 Å². The molecule has 0 aliphatic heterocycles. The number of rotatable bonds is 4. The van der Waals surface area contributed by atoms with Gasteiger partial charge in [-0.2, -0.15) is 0 Å². The fraction of sp³-hybridized carbons (Fsp3) is 0. The Morgan fingerprint density at radius 1 is 0.562 bits per heavy atom. The van der Waals surface area contributed by atoms with Crippen LogP contribution in [0.1, 0.15) is 0 Å². The van der Waals surface area contributed by atoms with Crippen LogP contribution in [-0.4, -0.2) is 15.1 Å². The van der Waals surface area contributed by atoms with Crippen LogP contribution in [0.2, 0.25) is 0 Å². The zero-order chi connectivity index (χ0) is 21.9. The van der Waals surface area contributed by atoms with Crippen LogP contribution in [0.25, 0.3) is 44.9 Å². The summed E-state index contributed by atoms with van der Waals surface area (Å²) >= 11 is 0. The van der Waals surface area contributed by atoms with E-state index in [-0.39, 0.29) is 5.75 Å². The molecule has 2 aromatic heterocycles. The Morgan fingerprint density at radius 3 is 2.09 bits per heavy atom. The molecule has 5 aromatic rings. The first-order chi connectivity index (χ1) is 15.7. The van der Waals surface area contributed by atoms with E-state index < -0.39 is 5.82 Å². The van der Waals surface area contributed by atoms with Gasteiger partial charge in [0.25, 0.3) is 0 Å². The maximum Gasteiger partial charge on any atom is 0.125 e. The summed E-state index contributed by atoms with van der Waals surface area (Å²) in [6.45, 7) is 0. The number of benzene rings is 3. The summed E-state index contributed by atoms with van der Waals surface area (Å²) in [6.07, 6.45) is 1.75. The number of aromatic nitrogens is 2. The number of hydrogen-bond acceptors (Lipinski definition) is 3. The molecule has 1 N–H and O–H groups in total. The van der Waals surface area contributed by atoms with Crippen LogP contribution < -0.4 is 0 Å². The molecule has 0 saturated heterocycles. The Kier molecular flexibility index (Phi) is 5.18. The van der Waals surface area contributed by atoms with Crippen LogP contribution in [0.5, 0.6) is 5.75 Å². The molecule has 0 fully saturated rings. The van der Waals surface area contributed by atoms with Gasteiger partial charge in [0.15, 0.2) is 0 Å². The van der Waals surface area contributed by atoms with Crippen molar-refractivity contribution in [2.75, 3.05) is 0 Å². The SMILES string of the molecule is Oc1ccc(F)cc1-c1cccc(-c2ccnc(-c3ccc(-c4ccccc4)cc3)c2)n1. The molecule has 32 heavy (non-hydrogen) atoms. The van der Waals surface area contributed by atoms with Crippen LogP contribution in [0.4, 0.5) is 4.39 Å². The summed E-state index contributed by atoms with van der Waals surface area (Å²) in [4.78, 5) is 9.18. The van der Waals surface area contributed by atoms with Crippen molar-refractivity contribution in [1.29, 1.82) is 0 Å². The molecular formula is C28H19FN2O. The minimum atomic E-state index is -0.421. The monoisotopic (exact) mass is 418 g/mol. The van der Waals surface area contributed by atoms with Crippen molar-refractivity contribution < 1.29 is 9.50 Å². The molecule has 2 heterocycles. The lowest BCUT2D eigenvalue weighted by molar-refractivity contribution is 0.475. The number of nitrogens with zero attached hydrogens (tertiary/aromatic N) is 2. The normalized spacial score (nSPS) is 10.8. The molecule has 0 atom stereocenters. The van der Waals surface area contributed by atoms with Crippen molar-refractivity contribution in [2.45, 2.75) is 0 Å². The standard InChI is InChI=1S/C28H19FN2O/c29-23-13-14-28(32)24(18-23)26-8-4-7-25(31-26)22-15-16-30-27(17-22)21-11-9-20(10-12-21)19-5-2-1-3-6-19/h1-18,32H. The molecular weight excluding hydrogens is 399 g/mol. The number of pyridine rings is 2. The topological polar surface area (TPSA) is 46.0 Å². The van der Waals surface area contributed by atoms with Gasteiger partial charge in [0, 0.05) is 22.9 Å². The predicted molar refractivity (Wildman–Crippen MR) is 125 cm³/mol. The van der Waals surface area contributed by atoms with Crippen molar-refractivity contribution in [2.24, 2.45) is 0 Å². The second-order valence-corrected chi connectivity index (χ2v) is 7.44. The Balaban J connectivity index is 1.48. The second kappa shape index (κ2) is 8.44. The van der Waals surface area contributed by atoms with E-state index in [1.807, 2.05) is 42.5 Å².